The summed E-state index contributed by atoms with van der Waals surface area (Å²) >= 11 is 0. The molecular formula is C11H19NO. The maximum Gasteiger partial charge on any atom is 0.228 e. The Hall–Kier alpha value is -0.530. The molecule has 2 rings (SSSR count). The highest BCUT2D eigenvalue weighted by atomic mass is 16.2. The molecule has 1 saturated heterocycles. The largest absolute Gasteiger partial charge is 0.339 e. The van der Waals surface area contributed by atoms with Gasteiger partial charge < -0.3 is 4.90 Å². The van der Waals surface area contributed by atoms with Crippen molar-refractivity contribution < 1.29 is 4.79 Å². The van der Waals surface area contributed by atoms with E-state index in [0.29, 0.717) is 11.9 Å². The van der Waals surface area contributed by atoms with Crippen molar-refractivity contribution in [3.63, 3.8) is 0 Å². The third-order valence-electron chi connectivity index (χ3n) is 3.16. The normalized spacial score (nSPS) is 32.7. The summed E-state index contributed by atoms with van der Waals surface area (Å²) in [5, 5.41) is 0. The van der Waals surface area contributed by atoms with Gasteiger partial charge in [0.25, 0.3) is 0 Å². The Bertz CT molecular complexity index is 229. The number of carbonyl (C=O) groups excluding carboxylic acids is 1. The van der Waals surface area contributed by atoms with Gasteiger partial charge in [0.2, 0.25) is 5.91 Å². The molecule has 13 heavy (non-hydrogen) atoms. The van der Waals surface area contributed by atoms with Gasteiger partial charge in [0.05, 0.1) is 0 Å². The SMILES string of the molecule is CC(C)(C)C(=O)N1CCC[C@@H]2C[C@@H]21. The summed E-state index contributed by atoms with van der Waals surface area (Å²) in [5.41, 5.74) is -0.190. The summed E-state index contributed by atoms with van der Waals surface area (Å²) in [4.78, 5) is 14.1. The predicted molar refractivity (Wildman–Crippen MR) is 52.3 cm³/mol. The minimum Gasteiger partial charge on any atom is -0.339 e. The van der Waals surface area contributed by atoms with E-state index in [1.807, 2.05) is 20.8 Å². The Morgan fingerprint density at radius 1 is 1.38 bits per heavy atom. The number of likely N-dealkylation sites (tertiary alicyclic amines) is 1. The lowest BCUT2D eigenvalue weighted by molar-refractivity contribution is -0.141. The van der Waals surface area contributed by atoms with Crippen molar-refractivity contribution in [2.24, 2.45) is 11.3 Å². The third kappa shape index (κ3) is 1.59. The molecule has 1 amide bonds. The Morgan fingerprint density at radius 2 is 2.08 bits per heavy atom. The van der Waals surface area contributed by atoms with Gasteiger partial charge in [-0.15, -0.1) is 0 Å². The van der Waals surface area contributed by atoms with Crippen LogP contribution < -0.4 is 0 Å². The first-order chi connectivity index (χ1) is 6.00. The molecule has 0 aromatic carbocycles. The summed E-state index contributed by atoms with van der Waals surface area (Å²) in [6, 6.07) is 0.612. The van der Waals surface area contributed by atoms with Gasteiger partial charge in [-0.3, -0.25) is 4.79 Å². The molecule has 0 spiro atoms. The van der Waals surface area contributed by atoms with E-state index in [9.17, 15) is 4.79 Å². The van der Waals surface area contributed by atoms with Gasteiger partial charge in [0, 0.05) is 18.0 Å². The van der Waals surface area contributed by atoms with E-state index in [4.69, 9.17) is 0 Å². The van der Waals surface area contributed by atoms with E-state index in [-0.39, 0.29) is 5.41 Å². The zero-order valence-corrected chi connectivity index (χ0v) is 8.84. The highest BCUT2D eigenvalue weighted by Gasteiger charge is 2.47. The topological polar surface area (TPSA) is 20.3 Å². The molecule has 74 valence electrons. The highest BCUT2D eigenvalue weighted by molar-refractivity contribution is 5.82. The average molecular weight is 181 g/mol. The number of hydrogen-bond donors (Lipinski definition) is 0. The van der Waals surface area contributed by atoms with Gasteiger partial charge in [-0.05, 0) is 25.2 Å². The maximum atomic E-state index is 12.0. The van der Waals surface area contributed by atoms with Crippen LogP contribution in [-0.2, 0) is 4.79 Å². The third-order valence-corrected chi connectivity index (χ3v) is 3.16. The van der Waals surface area contributed by atoms with E-state index in [2.05, 4.69) is 4.90 Å². The molecule has 1 aliphatic heterocycles. The zero-order valence-electron chi connectivity index (χ0n) is 8.84. The van der Waals surface area contributed by atoms with Gasteiger partial charge in [0.1, 0.15) is 0 Å². The summed E-state index contributed by atoms with van der Waals surface area (Å²) in [5.74, 6) is 1.19. The molecule has 1 heterocycles. The second-order valence-corrected chi connectivity index (χ2v) is 5.45. The molecule has 2 atom stereocenters. The average Bonchev–Trinajstić information content (AvgIpc) is 2.78. The van der Waals surface area contributed by atoms with Gasteiger partial charge in [0.15, 0.2) is 0 Å². The molecule has 0 bridgehead atoms. The molecule has 2 heteroatoms. The van der Waals surface area contributed by atoms with Crippen LogP contribution in [0.3, 0.4) is 0 Å². The fourth-order valence-electron chi connectivity index (χ4n) is 2.30. The molecule has 1 aliphatic carbocycles. The minimum absolute atomic E-state index is 0.190. The minimum atomic E-state index is -0.190. The van der Waals surface area contributed by atoms with Crippen LogP contribution in [-0.4, -0.2) is 23.4 Å². The van der Waals surface area contributed by atoms with Crippen LogP contribution in [0.2, 0.25) is 0 Å². The zero-order chi connectivity index (χ0) is 9.64. The number of rotatable bonds is 0. The van der Waals surface area contributed by atoms with Gasteiger partial charge in [-0.1, -0.05) is 20.8 Å². The van der Waals surface area contributed by atoms with E-state index >= 15 is 0 Å². The second kappa shape index (κ2) is 2.73. The first-order valence-electron chi connectivity index (χ1n) is 5.31. The molecule has 1 saturated carbocycles. The number of fused-ring (bicyclic) bond motifs is 1. The lowest BCUT2D eigenvalue weighted by Crippen LogP contribution is -2.43. The van der Waals surface area contributed by atoms with E-state index in [1.54, 1.807) is 0 Å². The molecule has 0 N–H and O–H groups in total. The molecule has 2 aliphatic rings. The molecule has 0 radical (unpaired) electrons. The summed E-state index contributed by atoms with van der Waals surface area (Å²) in [6.07, 6.45) is 3.82. The van der Waals surface area contributed by atoms with Crippen molar-refractivity contribution in [1.82, 2.24) is 4.90 Å². The van der Waals surface area contributed by atoms with Crippen LogP contribution in [0.4, 0.5) is 0 Å². The molecular weight excluding hydrogens is 162 g/mol. The van der Waals surface area contributed by atoms with Crippen molar-refractivity contribution in [3.05, 3.63) is 0 Å². The van der Waals surface area contributed by atoms with Crippen LogP contribution in [0.15, 0.2) is 0 Å². The number of nitrogens with zero attached hydrogens (tertiary/aromatic N) is 1. The molecule has 2 nitrogen and oxygen atoms in total. The van der Waals surface area contributed by atoms with Crippen molar-refractivity contribution in [2.75, 3.05) is 6.54 Å². The number of carbonyl (C=O) groups is 1. The van der Waals surface area contributed by atoms with Crippen molar-refractivity contribution in [2.45, 2.75) is 46.1 Å². The van der Waals surface area contributed by atoms with E-state index < -0.39 is 0 Å². The smallest absolute Gasteiger partial charge is 0.228 e. The van der Waals surface area contributed by atoms with Crippen LogP contribution in [0, 0.1) is 11.3 Å². The summed E-state index contributed by atoms with van der Waals surface area (Å²) < 4.78 is 0. The van der Waals surface area contributed by atoms with Crippen LogP contribution in [0.25, 0.3) is 0 Å². The molecule has 0 aromatic rings. The Morgan fingerprint density at radius 3 is 2.69 bits per heavy atom. The lowest BCUT2D eigenvalue weighted by atomic mass is 9.93. The quantitative estimate of drug-likeness (QED) is 0.560. The molecule has 2 fully saturated rings. The standard InChI is InChI=1S/C11H19NO/c1-11(2,3)10(13)12-6-4-5-8-7-9(8)12/h8-9H,4-7H2,1-3H3/t8-,9+/m1/s1. The number of hydrogen-bond acceptors (Lipinski definition) is 1. The molecule has 0 unspecified atom stereocenters. The van der Waals surface area contributed by atoms with Gasteiger partial charge >= 0.3 is 0 Å². The predicted octanol–water partition coefficient (Wildman–Crippen LogP) is 2.04. The van der Waals surface area contributed by atoms with Crippen LogP contribution >= 0.6 is 0 Å². The van der Waals surface area contributed by atoms with E-state index in [0.717, 1.165) is 12.5 Å². The maximum absolute atomic E-state index is 12.0. The monoisotopic (exact) mass is 181 g/mol. The first kappa shape index (κ1) is 9.04. The van der Waals surface area contributed by atoms with Gasteiger partial charge in [-0.25, -0.2) is 0 Å². The lowest BCUT2D eigenvalue weighted by Gasteiger charge is -2.32. The summed E-state index contributed by atoms with van der Waals surface area (Å²) in [7, 11) is 0. The first-order valence-corrected chi connectivity index (χ1v) is 5.31. The van der Waals surface area contributed by atoms with E-state index in [1.165, 1.54) is 19.3 Å². The fourth-order valence-corrected chi connectivity index (χ4v) is 2.30. The Labute approximate surface area is 80.3 Å². The van der Waals surface area contributed by atoms with Crippen LogP contribution in [0.1, 0.15) is 40.0 Å². The number of amides is 1. The Balaban J connectivity index is 2.04. The van der Waals surface area contributed by atoms with Crippen molar-refractivity contribution in [3.8, 4) is 0 Å². The fraction of sp³-hybridized carbons (Fsp3) is 0.909. The highest BCUT2D eigenvalue weighted by Crippen LogP contribution is 2.44. The summed E-state index contributed by atoms with van der Waals surface area (Å²) in [6.45, 7) is 7.04. The van der Waals surface area contributed by atoms with Crippen LogP contribution in [0.5, 0.6) is 0 Å². The molecule has 0 aromatic heterocycles. The van der Waals surface area contributed by atoms with Gasteiger partial charge in [-0.2, -0.15) is 0 Å². The number of piperidine rings is 1. The van der Waals surface area contributed by atoms with Crippen molar-refractivity contribution >= 4 is 5.91 Å². The van der Waals surface area contributed by atoms with Crippen molar-refractivity contribution in [1.29, 1.82) is 0 Å². The Kier molecular flexibility index (Phi) is 1.90. The second-order valence-electron chi connectivity index (χ2n) is 5.45.